The van der Waals surface area contributed by atoms with E-state index >= 15 is 0 Å². The zero-order chi connectivity index (χ0) is 14.3. The summed E-state index contributed by atoms with van der Waals surface area (Å²) in [6, 6.07) is 2.49. The average molecular weight is 265 g/mol. The third-order valence-corrected chi connectivity index (χ3v) is 4.73. The number of aliphatic hydroxyl groups is 1. The van der Waals surface area contributed by atoms with Crippen LogP contribution in [0.3, 0.4) is 0 Å². The molecule has 0 amide bonds. The summed E-state index contributed by atoms with van der Waals surface area (Å²) in [7, 11) is 0. The molecule has 2 saturated heterocycles. The maximum Gasteiger partial charge on any atom is 0.114 e. The second-order valence-electron chi connectivity index (χ2n) is 7.34. The predicted molar refractivity (Wildman–Crippen MR) is 74.4 cm³/mol. The van der Waals surface area contributed by atoms with Crippen molar-refractivity contribution < 1.29 is 9.84 Å². The minimum atomic E-state index is -0.913. The molecule has 0 radical (unpaired) electrons. The first-order valence-electron chi connectivity index (χ1n) is 7.62. The van der Waals surface area contributed by atoms with Gasteiger partial charge in [-0.25, -0.2) is 0 Å². The van der Waals surface area contributed by atoms with Crippen molar-refractivity contribution in [2.75, 3.05) is 0 Å². The first kappa shape index (κ1) is 14.8. The van der Waals surface area contributed by atoms with Crippen LogP contribution in [-0.4, -0.2) is 22.9 Å². The van der Waals surface area contributed by atoms with E-state index in [1.165, 1.54) is 0 Å². The summed E-state index contributed by atoms with van der Waals surface area (Å²) in [4.78, 5) is 0. The molecule has 0 aromatic rings. The van der Waals surface area contributed by atoms with E-state index in [1.54, 1.807) is 0 Å². The summed E-state index contributed by atoms with van der Waals surface area (Å²) >= 11 is 0. The Morgan fingerprint density at radius 2 is 1.84 bits per heavy atom. The molecule has 0 aliphatic carbocycles. The number of nitrogens with zero attached hydrogens (tertiary/aromatic N) is 1. The Balaban J connectivity index is 2.33. The van der Waals surface area contributed by atoms with E-state index in [0.29, 0.717) is 31.1 Å². The fraction of sp³-hybridized carbons (Fsp3) is 0.938. The molecule has 3 atom stereocenters. The number of hydrogen-bond donors (Lipinski definition) is 1. The molecule has 2 aliphatic heterocycles. The van der Waals surface area contributed by atoms with Crippen molar-refractivity contribution in [2.24, 2.45) is 17.3 Å². The van der Waals surface area contributed by atoms with Crippen molar-refractivity contribution in [3.8, 4) is 6.07 Å². The molecule has 0 aromatic carbocycles. The van der Waals surface area contributed by atoms with Crippen LogP contribution in [0.15, 0.2) is 0 Å². The molecule has 2 heterocycles. The standard InChI is InChI=1S/C16H27NO2/c1-11(2)7-16(18,8-12(3)4)15(10-17)9-13-5-6-14(15)19-13/h11-14,18H,5-9H2,1-4H3. The van der Waals surface area contributed by atoms with E-state index in [2.05, 4.69) is 33.8 Å². The third kappa shape index (κ3) is 2.41. The first-order valence-corrected chi connectivity index (χ1v) is 7.62. The Kier molecular flexibility index (Phi) is 3.95. The van der Waals surface area contributed by atoms with Crippen LogP contribution in [0.4, 0.5) is 0 Å². The number of nitriles is 1. The van der Waals surface area contributed by atoms with Gasteiger partial charge in [0, 0.05) is 0 Å². The number of rotatable bonds is 5. The Hall–Kier alpha value is -0.590. The Bertz CT molecular complexity index is 361. The molecule has 2 aliphatic rings. The second-order valence-corrected chi connectivity index (χ2v) is 7.34. The highest BCUT2D eigenvalue weighted by Gasteiger charge is 2.63. The van der Waals surface area contributed by atoms with Crippen LogP contribution >= 0.6 is 0 Å². The Morgan fingerprint density at radius 3 is 2.16 bits per heavy atom. The highest BCUT2D eigenvalue weighted by atomic mass is 16.5. The molecule has 2 fully saturated rings. The molecule has 2 rings (SSSR count). The molecule has 3 heteroatoms. The van der Waals surface area contributed by atoms with Crippen LogP contribution in [0.5, 0.6) is 0 Å². The summed E-state index contributed by atoms with van der Waals surface area (Å²) in [6.45, 7) is 8.46. The lowest BCUT2D eigenvalue weighted by Crippen LogP contribution is -2.54. The molecular weight excluding hydrogens is 238 g/mol. The van der Waals surface area contributed by atoms with Gasteiger partial charge in [0.1, 0.15) is 5.41 Å². The average Bonchev–Trinajstić information content (AvgIpc) is 2.86. The maximum atomic E-state index is 11.3. The van der Waals surface area contributed by atoms with Crippen molar-refractivity contribution >= 4 is 0 Å². The highest BCUT2D eigenvalue weighted by Crippen LogP contribution is 2.56. The van der Waals surface area contributed by atoms with Gasteiger partial charge in [0.25, 0.3) is 0 Å². The molecule has 108 valence electrons. The van der Waals surface area contributed by atoms with Crippen LogP contribution in [0.25, 0.3) is 0 Å². The third-order valence-electron chi connectivity index (χ3n) is 4.73. The zero-order valence-electron chi connectivity index (χ0n) is 12.6. The molecule has 1 N–H and O–H groups in total. The van der Waals surface area contributed by atoms with E-state index in [4.69, 9.17) is 4.74 Å². The lowest BCUT2D eigenvalue weighted by molar-refractivity contribution is -0.109. The number of hydrogen-bond acceptors (Lipinski definition) is 3. The molecule has 2 bridgehead atoms. The predicted octanol–water partition coefficient (Wildman–Crippen LogP) is 3.27. The first-order chi connectivity index (χ1) is 8.83. The van der Waals surface area contributed by atoms with E-state index in [9.17, 15) is 10.4 Å². The summed E-state index contributed by atoms with van der Waals surface area (Å²) < 4.78 is 5.91. The number of fused-ring (bicyclic) bond motifs is 2. The SMILES string of the molecule is CC(C)CC(O)(CC(C)C)C1(C#N)CC2CCC1O2. The minimum absolute atomic E-state index is 0.0648. The number of ether oxygens (including phenoxy) is 1. The van der Waals surface area contributed by atoms with E-state index in [1.807, 2.05) is 0 Å². The normalized spacial score (nSPS) is 34.2. The molecule has 0 spiro atoms. The molecule has 3 nitrogen and oxygen atoms in total. The van der Waals surface area contributed by atoms with Crippen molar-refractivity contribution in [1.82, 2.24) is 0 Å². The Labute approximate surface area is 117 Å². The molecular formula is C16H27NO2. The van der Waals surface area contributed by atoms with E-state index in [-0.39, 0.29) is 12.2 Å². The quantitative estimate of drug-likeness (QED) is 0.830. The topological polar surface area (TPSA) is 53.2 Å². The molecule has 19 heavy (non-hydrogen) atoms. The fourth-order valence-corrected chi connectivity index (χ4v) is 4.22. The molecule has 3 unspecified atom stereocenters. The Morgan fingerprint density at radius 1 is 1.26 bits per heavy atom. The lowest BCUT2D eigenvalue weighted by Gasteiger charge is -2.45. The van der Waals surface area contributed by atoms with Gasteiger partial charge in [0.15, 0.2) is 0 Å². The van der Waals surface area contributed by atoms with Gasteiger partial charge < -0.3 is 9.84 Å². The largest absolute Gasteiger partial charge is 0.388 e. The molecule has 0 saturated carbocycles. The minimum Gasteiger partial charge on any atom is -0.388 e. The van der Waals surface area contributed by atoms with Gasteiger partial charge in [-0.1, -0.05) is 27.7 Å². The monoisotopic (exact) mass is 265 g/mol. The second kappa shape index (κ2) is 5.07. The van der Waals surface area contributed by atoms with E-state index < -0.39 is 11.0 Å². The van der Waals surface area contributed by atoms with Gasteiger partial charge in [0.05, 0.1) is 23.9 Å². The lowest BCUT2D eigenvalue weighted by atomic mass is 9.59. The van der Waals surface area contributed by atoms with Gasteiger partial charge in [0.2, 0.25) is 0 Å². The fourth-order valence-electron chi connectivity index (χ4n) is 4.22. The van der Waals surface area contributed by atoms with E-state index in [0.717, 1.165) is 12.8 Å². The summed E-state index contributed by atoms with van der Waals surface area (Å²) in [5.41, 5.74) is -1.60. The summed E-state index contributed by atoms with van der Waals surface area (Å²) in [6.07, 6.45) is 4.19. The summed E-state index contributed by atoms with van der Waals surface area (Å²) in [5, 5.41) is 21.1. The highest BCUT2D eigenvalue weighted by molar-refractivity contribution is 5.21. The van der Waals surface area contributed by atoms with Crippen molar-refractivity contribution in [2.45, 2.75) is 77.6 Å². The maximum absolute atomic E-state index is 11.3. The van der Waals surface area contributed by atoms with Gasteiger partial charge >= 0.3 is 0 Å². The summed E-state index contributed by atoms with van der Waals surface area (Å²) in [5.74, 6) is 0.765. The van der Waals surface area contributed by atoms with Crippen LogP contribution in [0.1, 0.15) is 59.8 Å². The van der Waals surface area contributed by atoms with Gasteiger partial charge in [-0.3, -0.25) is 0 Å². The molecule has 0 aromatic heterocycles. The van der Waals surface area contributed by atoms with Crippen LogP contribution in [0, 0.1) is 28.6 Å². The van der Waals surface area contributed by atoms with Crippen LogP contribution in [0.2, 0.25) is 0 Å². The van der Waals surface area contributed by atoms with Gasteiger partial charge in [-0.05, 0) is 43.9 Å². The van der Waals surface area contributed by atoms with Gasteiger partial charge in [-0.15, -0.1) is 0 Å². The van der Waals surface area contributed by atoms with Crippen molar-refractivity contribution in [1.29, 1.82) is 5.26 Å². The van der Waals surface area contributed by atoms with Gasteiger partial charge in [-0.2, -0.15) is 5.26 Å². The zero-order valence-corrected chi connectivity index (χ0v) is 12.6. The van der Waals surface area contributed by atoms with Crippen LogP contribution < -0.4 is 0 Å². The smallest absolute Gasteiger partial charge is 0.114 e. The van der Waals surface area contributed by atoms with Crippen molar-refractivity contribution in [3.63, 3.8) is 0 Å². The van der Waals surface area contributed by atoms with Crippen molar-refractivity contribution in [3.05, 3.63) is 0 Å². The van der Waals surface area contributed by atoms with Crippen LogP contribution in [-0.2, 0) is 4.74 Å².